The third kappa shape index (κ3) is 4.24. The Bertz CT molecular complexity index is 1260. The number of alkyl halides is 3. The Morgan fingerprint density at radius 2 is 1.87 bits per heavy atom. The molecule has 2 aromatic heterocycles. The normalized spacial score (nSPS) is 15.0. The van der Waals surface area contributed by atoms with Gasteiger partial charge in [0.15, 0.2) is 5.82 Å². The van der Waals surface area contributed by atoms with Gasteiger partial charge in [0.1, 0.15) is 11.4 Å². The van der Waals surface area contributed by atoms with E-state index >= 15 is 0 Å². The molecule has 31 heavy (non-hydrogen) atoms. The zero-order valence-electron chi connectivity index (χ0n) is 18.4. The zero-order chi connectivity index (χ0) is 21.1. The molecule has 0 atom stereocenters. The number of hydrogen-bond donors (Lipinski definition) is 1. The third-order valence-corrected chi connectivity index (χ3v) is 5.65. The SMILES string of the molecule is Cn1nc(C2(C)CC2)cc1-c1nc2ccc(-c3ccccc3OC(F)(F)F)cc2[nH]1.[H-].[Na+]. The largest absolute Gasteiger partial charge is 1.00 e. The average molecular weight is 436 g/mol. The van der Waals surface area contributed by atoms with E-state index in [0.717, 1.165) is 35.3 Å². The van der Waals surface area contributed by atoms with Crippen LogP contribution < -0.4 is 34.3 Å². The minimum Gasteiger partial charge on any atom is -1.00 e. The van der Waals surface area contributed by atoms with E-state index in [1.54, 1.807) is 30.3 Å². The molecule has 9 heteroatoms. The summed E-state index contributed by atoms with van der Waals surface area (Å²) < 4.78 is 44.3. The molecule has 156 valence electrons. The number of hydrogen-bond acceptors (Lipinski definition) is 3. The Labute approximate surface area is 200 Å². The van der Waals surface area contributed by atoms with Crippen molar-refractivity contribution in [1.82, 2.24) is 19.7 Å². The predicted octanol–water partition coefficient (Wildman–Crippen LogP) is 2.70. The van der Waals surface area contributed by atoms with Gasteiger partial charge in [0.05, 0.1) is 16.7 Å². The van der Waals surface area contributed by atoms with Crippen LogP contribution in [0.4, 0.5) is 13.2 Å². The van der Waals surface area contributed by atoms with Gasteiger partial charge in [0.2, 0.25) is 0 Å². The Morgan fingerprint density at radius 1 is 1.13 bits per heavy atom. The van der Waals surface area contributed by atoms with E-state index in [0.29, 0.717) is 17.0 Å². The minimum absolute atomic E-state index is 0. The predicted molar refractivity (Wildman–Crippen MR) is 108 cm³/mol. The van der Waals surface area contributed by atoms with E-state index in [9.17, 15) is 13.2 Å². The number of fused-ring (bicyclic) bond motifs is 1. The second-order valence-corrected chi connectivity index (χ2v) is 7.96. The van der Waals surface area contributed by atoms with Crippen molar-refractivity contribution in [3.8, 4) is 28.4 Å². The maximum absolute atomic E-state index is 12.8. The molecule has 0 amide bonds. The fourth-order valence-corrected chi connectivity index (χ4v) is 3.64. The summed E-state index contributed by atoms with van der Waals surface area (Å²) in [6.07, 6.45) is -2.49. The Hall–Kier alpha value is -2.29. The van der Waals surface area contributed by atoms with Gasteiger partial charge < -0.3 is 11.1 Å². The van der Waals surface area contributed by atoms with Crippen LogP contribution in [0.5, 0.6) is 5.75 Å². The number of para-hydroxylation sites is 1. The van der Waals surface area contributed by atoms with E-state index < -0.39 is 6.36 Å². The van der Waals surface area contributed by atoms with E-state index in [2.05, 4.69) is 32.8 Å². The van der Waals surface area contributed by atoms with Gasteiger partial charge in [-0.3, -0.25) is 4.68 Å². The number of nitrogens with zero attached hydrogens (tertiary/aromatic N) is 3. The first-order valence-corrected chi connectivity index (χ1v) is 9.62. The molecular weight excluding hydrogens is 416 g/mol. The standard InChI is InChI=1S/C22H19F3N4O.Na.H/c1-21(9-10-21)19-12-17(29(2)28-19)20-26-15-8-7-13(11-16(15)27-20)14-5-3-4-6-18(14)30-22(23,24)25;;/h3-8,11-12H,9-10H2,1-2H3,(H,26,27);;/q;+1;-1. The summed E-state index contributed by atoms with van der Waals surface area (Å²) in [4.78, 5) is 7.93. The summed E-state index contributed by atoms with van der Waals surface area (Å²) in [5, 5.41) is 4.64. The first-order valence-electron chi connectivity index (χ1n) is 9.62. The summed E-state index contributed by atoms with van der Waals surface area (Å²) in [6, 6.07) is 13.5. The van der Waals surface area contributed by atoms with Crippen LogP contribution in [0.25, 0.3) is 33.7 Å². The maximum atomic E-state index is 12.8. The smallest absolute Gasteiger partial charge is 1.00 e. The van der Waals surface area contributed by atoms with Crippen LogP contribution in [-0.4, -0.2) is 26.1 Å². The van der Waals surface area contributed by atoms with Crippen molar-refractivity contribution >= 4 is 11.0 Å². The molecule has 0 aliphatic heterocycles. The molecule has 1 fully saturated rings. The van der Waals surface area contributed by atoms with Crippen molar-refractivity contribution in [3.05, 3.63) is 54.2 Å². The van der Waals surface area contributed by atoms with Crippen molar-refractivity contribution in [2.24, 2.45) is 7.05 Å². The van der Waals surface area contributed by atoms with Gasteiger partial charge in [0, 0.05) is 18.0 Å². The average Bonchev–Trinajstić information content (AvgIpc) is 3.11. The monoisotopic (exact) mass is 436 g/mol. The summed E-state index contributed by atoms with van der Waals surface area (Å²) in [6.45, 7) is 2.20. The molecule has 1 aliphatic carbocycles. The molecule has 0 saturated heterocycles. The van der Waals surface area contributed by atoms with Crippen LogP contribution in [0, 0.1) is 0 Å². The topological polar surface area (TPSA) is 55.7 Å². The van der Waals surface area contributed by atoms with Crippen LogP contribution in [-0.2, 0) is 12.5 Å². The van der Waals surface area contributed by atoms with Gasteiger partial charge in [0.25, 0.3) is 0 Å². The molecule has 1 N–H and O–H groups in total. The van der Waals surface area contributed by atoms with Gasteiger partial charge in [-0.15, -0.1) is 13.2 Å². The summed E-state index contributed by atoms with van der Waals surface area (Å²) in [5.74, 6) is 0.436. The van der Waals surface area contributed by atoms with Crippen molar-refractivity contribution < 1.29 is 48.9 Å². The number of rotatable bonds is 4. The van der Waals surface area contributed by atoms with E-state index in [4.69, 9.17) is 0 Å². The minimum atomic E-state index is -4.75. The van der Waals surface area contributed by atoms with Gasteiger partial charge in [-0.1, -0.05) is 31.2 Å². The summed E-state index contributed by atoms with van der Waals surface area (Å²) in [5.41, 5.74) is 4.49. The summed E-state index contributed by atoms with van der Waals surface area (Å²) >= 11 is 0. The van der Waals surface area contributed by atoms with Crippen LogP contribution in [0.15, 0.2) is 48.5 Å². The molecular formula is C22H20F3N4NaO. The number of H-pyrrole nitrogens is 1. The molecule has 0 unspecified atom stereocenters. The number of aromatic nitrogens is 4. The fourth-order valence-electron chi connectivity index (χ4n) is 3.64. The van der Waals surface area contributed by atoms with Gasteiger partial charge >= 0.3 is 35.9 Å². The van der Waals surface area contributed by atoms with Crippen LogP contribution in [0.1, 0.15) is 26.9 Å². The Kier molecular flexibility index (Phi) is 5.44. The van der Waals surface area contributed by atoms with Crippen molar-refractivity contribution in [3.63, 3.8) is 0 Å². The molecule has 2 aromatic carbocycles. The zero-order valence-corrected chi connectivity index (χ0v) is 19.4. The van der Waals surface area contributed by atoms with Crippen LogP contribution >= 0.6 is 0 Å². The molecule has 0 bridgehead atoms. The first kappa shape index (κ1) is 21.9. The van der Waals surface area contributed by atoms with E-state index in [1.807, 2.05) is 11.7 Å². The molecule has 1 saturated carbocycles. The number of aryl methyl sites for hydroxylation is 1. The van der Waals surface area contributed by atoms with Crippen LogP contribution in [0.2, 0.25) is 0 Å². The first-order chi connectivity index (χ1) is 14.2. The molecule has 1 aliphatic rings. The van der Waals surface area contributed by atoms with E-state index in [-0.39, 0.29) is 42.1 Å². The number of halogens is 3. The quantitative estimate of drug-likeness (QED) is 0.501. The second-order valence-electron chi connectivity index (χ2n) is 7.96. The van der Waals surface area contributed by atoms with Crippen LogP contribution in [0.3, 0.4) is 0 Å². The number of nitrogens with one attached hydrogen (secondary N) is 1. The van der Waals surface area contributed by atoms with Crippen molar-refractivity contribution in [2.45, 2.75) is 31.5 Å². The second kappa shape index (κ2) is 7.69. The van der Waals surface area contributed by atoms with Gasteiger partial charge in [-0.2, -0.15) is 5.10 Å². The van der Waals surface area contributed by atoms with Gasteiger partial charge in [-0.05, 0) is 42.7 Å². The van der Waals surface area contributed by atoms with E-state index in [1.165, 1.54) is 12.1 Å². The number of ether oxygens (including phenoxy) is 1. The molecule has 2 heterocycles. The molecule has 4 aromatic rings. The molecule has 0 spiro atoms. The molecule has 0 radical (unpaired) electrons. The number of benzene rings is 2. The van der Waals surface area contributed by atoms with Gasteiger partial charge in [-0.25, -0.2) is 4.98 Å². The molecule has 5 nitrogen and oxygen atoms in total. The van der Waals surface area contributed by atoms with Crippen molar-refractivity contribution in [1.29, 1.82) is 0 Å². The Morgan fingerprint density at radius 3 is 2.58 bits per heavy atom. The number of imidazole rings is 1. The van der Waals surface area contributed by atoms with Crippen molar-refractivity contribution in [2.75, 3.05) is 0 Å². The summed E-state index contributed by atoms with van der Waals surface area (Å²) in [7, 11) is 1.88. The maximum Gasteiger partial charge on any atom is 1.00 e. The third-order valence-electron chi connectivity index (χ3n) is 5.65. The Balaban J connectivity index is 0.00000144. The number of aromatic amines is 1. The molecule has 5 rings (SSSR count). The fraction of sp³-hybridized carbons (Fsp3) is 0.273.